The van der Waals surface area contributed by atoms with Crippen molar-refractivity contribution in [1.82, 2.24) is 10.6 Å². The molecule has 1 heterocycles. The summed E-state index contributed by atoms with van der Waals surface area (Å²) in [5, 5.41) is 7.43. The molecule has 1 aliphatic heterocycles. The summed E-state index contributed by atoms with van der Waals surface area (Å²) in [6.45, 7) is -0.773. The van der Waals surface area contributed by atoms with Gasteiger partial charge in [0.15, 0.2) is 0 Å². The zero-order valence-corrected chi connectivity index (χ0v) is 17.3. The Kier molecular flexibility index (Phi) is 7.21. The molecule has 14 heteroatoms. The second-order valence-electron chi connectivity index (χ2n) is 7.23. The standard InChI is InChI=1S/C19H19F6N5O3/c1-27-16(32)13(30(2)9-12(15(26)31)14(29-30)18(20,21)22)11(10-6-4-3-5-7-10)8-28-17(33)19(23,24)25/h3-7,9,11,13H,8H2,1-2H3,(H3-,26,27,28,31,32,33)/p+1. The number of carbonyl (C=O) groups excluding carboxylic acids is 3. The van der Waals surface area contributed by atoms with Gasteiger partial charge in [-0.1, -0.05) is 35.4 Å². The zero-order valence-electron chi connectivity index (χ0n) is 17.3. The molecule has 1 aromatic carbocycles. The number of nitrogens with zero attached hydrogens (tertiary/aromatic N) is 2. The summed E-state index contributed by atoms with van der Waals surface area (Å²) in [6, 6.07) is 5.79. The summed E-state index contributed by atoms with van der Waals surface area (Å²) in [5.74, 6) is -5.94. The van der Waals surface area contributed by atoms with Crippen molar-refractivity contribution in [2.45, 2.75) is 24.3 Å². The van der Waals surface area contributed by atoms with E-state index in [0.29, 0.717) is 6.20 Å². The molecule has 8 nitrogen and oxygen atoms in total. The van der Waals surface area contributed by atoms with E-state index in [0.717, 1.165) is 7.05 Å². The molecule has 3 amide bonds. The van der Waals surface area contributed by atoms with E-state index in [1.165, 1.54) is 31.3 Å². The van der Waals surface area contributed by atoms with Gasteiger partial charge in [0.2, 0.25) is 11.8 Å². The predicted octanol–water partition coefficient (Wildman–Crippen LogP) is 1.31. The Morgan fingerprint density at radius 1 is 1.09 bits per heavy atom. The maximum atomic E-state index is 13.5. The summed E-state index contributed by atoms with van der Waals surface area (Å²) in [6.07, 6.45) is -9.61. The molecule has 0 aliphatic carbocycles. The van der Waals surface area contributed by atoms with Crippen molar-refractivity contribution in [1.29, 1.82) is 0 Å². The molecular formula is C19H20F6N5O3+. The molecule has 0 fully saturated rings. The topological polar surface area (TPSA) is 114 Å². The lowest BCUT2D eigenvalue weighted by Crippen LogP contribution is -2.56. The van der Waals surface area contributed by atoms with Crippen molar-refractivity contribution in [3.05, 3.63) is 47.7 Å². The number of primary amides is 1. The third kappa shape index (κ3) is 5.69. The number of likely N-dealkylation sites (N-methyl/N-ethyl adjacent to an activating group) is 2. The Morgan fingerprint density at radius 3 is 2.09 bits per heavy atom. The zero-order chi connectivity index (χ0) is 25.2. The molecule has 1 aromatic rings. The summed E-state index contributed by atoms with van der Waals surface area (Å²) < 4.78 is 77.5. The average molecular weight is 480 g/mol. The number of hydrogen-bond donors (Lipinski definition) is 3. The van der Waals surface area contributed by atoms with Crippen LogP contribution >= 0.6 is 0 Å². The molecule has 0 saturated heterocycles. The van der Waals surface area contributed by atoms with Crippen LogP contribution in [0.3, 0.4) is 0 Å². The van der Waals surface area contributed by atoms with E-state index in [4.69, 9.17) is 5.73 Å². The number of amides is 3. The first-order valence-corrected chi connectivity index (χ1v) is 9.29. The number of nitrogens with two attached hydrogens (primary N) is 1. The van der Waals surface area contributed by atoms with Gasteiger partial charge in [0, 0.05) is 13.6 Å². The molecule has 2 rings (SSSR count). The van der Waals surface area contributed by atoms with Crippen molar-refractivity contribution in [2.75, 3.05) is 20.6 Å². The highest BCUT2D eigenvalue weighted by Gasteiger charge is 2.54. The predicted molar refractivity (Wildman–Crippen MR) is 103 cm³/mol. The van der Waals surface area contributed by atoms with E-state index in [1.54, 1.807) is 11.4 Å². The number of benzene rings is 1. The Morgan fingerprint density at radius 2 is 1.67 bits per heavy atom. The highest BCUT2D eigenvalue weighted by molar-refractivity contribution is 6.23. The summed E-state index contributed by atoms with van der Waals surface area (Å²) in [5.41, 5.74) is 2.68. The largest absolute Gasteiger partial charge is 0.471 e. The Bertz CT molecular complexity index is 990. The van der Waals surface area contributed by atoms with Crippen molar-refractivity contribution in [3.8, 4) is 0 Å². The maximum Gasteiger partial charge on any atom is 0.471 e. The van der Waals surface area contributed by atoms with Crippen LogP contribution in [0.15, 0.2) is 47.2 Å². The molecule has 3 unspecified atom stereocenters. The number of hydrogen-bond acceptors (Lipinski definition) is 4. The molecule has 0 radical (unpaired) electrons. The second-order valence-corrected chi connectivity index (χ2v) is 7.23. The molecule has 180 valence electrons. The third-order valence-electron chi connectivity index (χ3n) is 4.92. The Labute approximate surface area is 183 Å². The molecule has 0 aromatic heterocycles. The first-order chi connectivity index (χ1) is 15.1. The fraction of sp³-hybridized carbons (Fsp3) is 0.368. The van der Waals surface area contributed by atoms with Gasteiger partial charge < -0.3 is 16.4 Å². The SMILES string of the molecule is CNC(=O)C(C(CNC(=O)C(F)(F)F)c1ccccc1)[N+]1(C)C=C(C(N)=O)C(C(F)(F)F)=N1. The second kappa shape index (κ2) is 9.21. The van der Waals surface area contributed by atoms with Crippen molar-refractivity contribution in [3.63, 3.8) is 0 Å². The van der Waals surface area contributed by atoms with E-state index < -0.39 is 64.5 Å². The van der Waals surface area contributed by atoms with Crippen LogP contribution in [-0.2, 0) is 14.4 Å². The lowest BCUT2D eigenvalue weighted by molar-refractivity contribution is -0.882. The molecule has 1 aliphatic rings. The number of rotatable bonds is 7. The maximum absolute atomic E-state index is 13.5. The Balaban J connectivity index is 2.65. The number of quaternary nitrogens is 1. The van der Waals surface area contributed by atoms with Crippen LogP contribution in [0.5, 0.6) is 0 Å². The lowest BCUT2D eigenvalue weighted by Gasteiger charge is -2.35. The van der Waals surface area contributed by atoms with Crippen molar-refractivity contribution < 1.29 is 45.3 Å². The summed E-state index contributed by atoms with van der Waals surface area (Å²) in [7, 11) is 2.23. The van der Waals surface area contributed by atoms with Crippen LogP contribution in [0.4, 0.5) is 26.3 Å². The molecule has 0 bridgehead atoms. The van der Waals surface area contributed by atoms with E-state index in [-0.39, 0.29) is 5.56 Å². The molecule has 4 N–H and O–H groups in total. The highest BCUT2D eigenvalue weighted by Crippen LogP contribution is 2.36. The lowest BCUT2D eigenvalue weighted by atomic mass is 9.89. The Hall–Kier alpha value is -3.42. The van der Waals surface area contributed by atoms with Crippen LogP contribution in [0.25, 0.3) is 0 Å². The van der Waals surface area contributed by atoms with Gasteiger partial charge in [-0.25, -0.2) is 0 Å². The van der Waals surface area contributed by atoms with Crippen LogP contribution in [-0.4, -0.2) is 67.1 Å². The summed E-state index contributed by atoms with van der Waals surface area (Å²) in [4.78, 5) is 35.9. The van der Waals surface area contributed by atoms with Crippen LogP contribution in [0.2, 0.25) is 0 Å². The fourth-order valence-corrected chi connectivity index (χ4v) is 3.50. The van der Waals surface area contributed by atoms with Gasteiger partial charge in [-0.05, 0) is 5.56 Å². The minimum atomic E-state index is -5.23. The first-order valence-electron chi connectivity index (χ1n) is 9.29. The van der Waals surface area contributed by atoms with Gasteiger partial charge in [0.1, 0.15) is 11.8 Å². The van der Waals surface area contributed by atoms with E-state index in [9.17, 15) is 40.7 Å². The smallest absolute Gasteiger partial charge is 0.365 e. The van der Waals surface area contributed by atoms with Crippen LogP contribution in [0, 0.1) is 0 Å². The highest BCUT2D eigenvalue weighted by atomic mass is 19.4. The van der Waals surface area contributed by atoms with Crippen LogP contribution in [0.1, 0.15) is 11.5 Å². The van der Waals surface area contributed by atoms with E-state index in [1.807, 2.05) is 0 Å². The number of halogens is 6. The minimum absolute atomic E-state index is 0.234. The van der Waals surface area contributed by atoms with Gasteiger partial charge >= 0.3 is 18.3 Å². The van der Waals surface area contributed by atoms with Gasteiger partial charge in [-0.2, -0.15) is 30.9 Å². The first kappa shape index (κ1) is 25.8. The molecule has 33 heavy (non-hydrogen) atoms. The normalized spacial score (nSPS) is 20.4. The van der Waals surface area contributed by atoms with E-state index >= 15 is 0 Å². The monoisotopic (exact) mass is 480 g/mol. The molecular weight excluding hydrogens is 460 g/mol. The molecule has 0 spiro atoms. The van der Waals surface area contributed by atoms with Crippen molar-refractivity contribution in [2.24, 2.45) is 10.8 Å². The number of alkyl halides is 6. The average Bonchev–Trinajstić information content (AvgIpc) is 3.09. The number of carbonyl (C=O) groups is 3. The molecule has 0 saturated carbocycles. The number of nitrogens with one attached hydrogen (secondary N) is 2. The minimum Gasteiger partial charge on any atom is -0.365 e. The van der Waals surface area contributed by atoms with Crippen molar-refractivity contribution >= 4 is 23.4 Å². The summed E-state index contributed by atoms with van der Waals surface area (Å²) >= 11 is 0. The van der Waals surface area contributed by atoms with Gasteiger partial charge in [0.05, 0.1) is 13.0 Å². The van der Waals surface area contributed by atoms with Gasteiger partial charge in [-0.3, -0.25) is 14.4 Å². The fourth-order valence-electron chi connectivity index (χ4n) is 3.50. The van der Waals surface area contributed by atoms with Crippen LogP contribution < -0.4 is 16.4 Å². The molecule has 3 atom stereocenters. The third-order valence-corrected chi connectivity index (χ3v) is 4.92. The quantitative estimate of drug-likeness (QED) is 0.404. The van der Waals surface area contributed by atoms with Gasteiger partial charge in [-0.15, -0.1) is 0 Å². The van der Waals surface area contributed by atoms with Gasteiger partial charge in [0.25, 0.3) is 11.8 Å². The van der Waals surface area contributed by atoms with E-state index in [2.05, 4.69) is 10.4 Å².